The maximum Gasteiger partial charge on any atom is 0.318 e. The summed E-state index contributed by atoms with van der Waals surface area (Å²) >= 11 is 0. The molecule has 1 rings (SSSR count). The van der Waals surface area contributed by atoms with Crippen LogP contribution in [0.2, 0.25) is 0 Å². The van der Waals surface area contributed by atoms with Crippen molar-refractivity contribution < 1.29 is 19.1 Å². The molecule has 1 aliphatic rings. The predicted molar refractivity (Wildman–Crippen MR) is 85.6 cm³/mol. The van der Waals surface area contributed by atoms with E-state index < -0.39 is 6.03 Å². The molecular weight excluding hydrogens is 300 g/mol. The van der Waals surface area contributed by atoms with Gasteiger partial charge in [0, 0.05) is 38.6 Å². The lowest BCUT2D eigenvalue weighted by molar-refractivity contribution is -0.127. The van der Waals surface area contributed by atoms with Crippen LogP contribution in [-0.4, -0.2) is 62.1 Å². The highest BCUT2D eigenvalue weighted by atomic mass is 16.5. The van der Waals surface area contributed by atoms with E-state index in [1.165, 1.54) is 0 Å². The third kappa shape index (κ3) is 8.51. The van der Waals surface area contributed by atoms with E-state index in [0.29, 0.717) is 26.3 Å². The molecule has 0 atom stereocenters. The second kappa shape index (κ2) is 11.0. The van der Waals surface area contributed by atoms with Gasteiger partial charge >= 0.3 is 6.03 Å². The molecule has 4 amide bonds. The van der Waals surface area contributed by atoms with Gasteiger partial charge in [-0.05, 0) is 39.3 Å². The summed E-state index contributed by atoms with van der Waals surface area (Å²) in [5.74, 6) is -0.225. The van der Waals surface area contributed by atoms with Crippen molar-refractivity contribution in [2.75, 3.05) is 39.4 Å². The fourth-order valence-electron chi connectivity index (χ4n) is 2.55. The molecule has 132 valence electrons. The van der Waals surface area contributed by atoms with Crippen LogP contribution in [0.25, 0.3) is 0 Å². The van der Waals surface area contributed by atoms with Crippen LogP contribution in [0.1, 0.15) is 32.6 Å². The molecule has 23 heavy (non-hydrogen) atoms. The Labute approximate surface area is 137 Å². The lowest BCUT2D eigenvalue weighted by Crippen LogP contribution is -2.42. The summed E-state index contributed by atoms with van der Waals surface area (Å²) < 4.78 is 5.23. The smallest absolute Gasteiger partial charge is 0.318 e. The van der Waals surface area contributed by atoms with Gasteiger partial charge in [0.05, 0.1) is 0 Å². The Bertz CT molecular complexity index is 395. The third-order valence-corrected chi connectivity index (χ3v) is 3.84. The first kappa shape index (κ1) is 19.4. The van der Waals surface area contributed by atoms with Crippen LogP contribution in [0.15, 0.2) is 0 Å². The Morgan fingerprint density at radius 3 is 2.57 bits per heavy atom. The summed E-state index contributed by atoms with van der Waals surface area (Å²) in [5.41, 5.74) is 4.88. The van der Waals surface area contributed by atoms with Gasteiger partial charge in [0.2, 0.25) is 11.8 Å². The number of amides is 4. The number of hydrogen-bond acceptors (Lipinski definition) is 5. The minimum atomic E-state index is -0.824. The molecule has 8 heteroatoms. The number of rotatable bonds is 9. The van der Waals surface area contributed by atoms with Gasteiger partial charge in [0.15, 0.2) is 0 Å². The van der Waals surface area contributed by atoms with Crippen molar-refractivity contribution in [3.8, 4) is 0 Å². The molecular formula is C15H28N4O4. The molecule has 0 aromatic heterocycles. The van der Waals surface area contributed by atoms with Gasteiger partial charge in [-0.25, -0.2) is 4.79 Å². The summed E-state index contributed by atoms with van der Waals surface area (Å²) in [6.45, 7) is 6.09. The number of piperidine rings is 1. The number of primary amides is 1. The highest BCUT2D eigenvalue weighted by molar-refractivity contribution is 5.93. The lowest BCUT2D eigenvalue weighted by Gasteiger charge is -2.31. The minimum absolute atomic E-state index is 0.0396. The van der Waals surface area contributed by atoms with Crippen LogP contribution in [0, 0.1) is 5.92 Å². The average Bonchev–Trinajstić information content (AvgIpc) is 2.52. The molecule has 1 heterocycles. The lowest BCUT2D eigenvalue weighted by atomic mass is 9.96. The number of nitrogens with zero attached hydrogens (tertiary/aromatic N) is 1. The van der Waals surface area contributed by atoms with Gasteiger partial charge in [0.1, 0.15) is 0 Å². The topological polar surface area (TPSA) is 114 Å². The van der Waals surface area contributed by atoms with Crippen molar-refractivity contribution in [2.24, 2.45) is 11.7 Å². The molecule has 0 saturated carbocycles. The van der Waals surface area contributed by atoms with Crippen LogP contribution >= 0.6 is 0 Å². The highest BCUT2D eigenvalue weighted by Gasteiger charge is 2.24. The molecule has 1 fully saturated rings. The molecule has 0 unspecified atom stereocenters. The zero-order valence-electron chi connectivity index (χ0n) is 13.8. The molecule has 1 aliphatic heterocycles. The fraction of sp³-hybridized carbons (Fsp3) is 0.800. The zero-order chi connectivity index (χ0) is 17.1. The van der Waals surface area contributed by atoms with Gasteiger partial charge < -0.3 is 20.7 Å². The maximum absolute atomic E-state index is 12.0. The number of ether oxygens (including phenoxy) is 1. The largest absolute Gasteiger partial charge is 0.382 e. The summed E-state index contributed by atoms with van der Waals surface area (Å²) in [5, 5.41) is 4.99. The van der Waals surface area contributed by atoms with Gasteiger partial charge in [-0.3, -0.25) is 14.9 Å². The second-order valence-electron chi connectivity index (χ2n) is 5.62. The molecule has 0 aromatic rings. The zero-order valence-corrected chi connectivity index (χ0v) is 13.8. The fourth-order valence-corrected chi connectivity index (χ4v) is 2.55. The van der Waals surface area contributed by atoms with E-state index in [9.17, 15) is 14.4 Å². The summed E-state index contributed by atoms with van der Waals surface area (Å²) in [6.07, 6.45) is 2.63. The van der Waals surface area contributed by atoms with E-state index in [1.54, 1.807) is 0 Å². The SMILES string of the molecule is CCOCCCNC(=O)C1CCN(CCC(=O)NC(N)=O)CC1. The number of nitrogens with one attached hydrogen (secondary N) is 2. The molecule has 0 spiro atoms. The Balaban J connectivity index is 2.13. The van der Waals surface area contributed by atoms with Gasteiger partial charge in [-0.1, -0.05) is 0 Å². The van der Waals surface area contributed by atoms with Crippen LogP contribution in [0.4, 0.5) is 4.79 Å². The molecule has 0 aromatic carbocycles. The molecule has 0 radical (unpaired) electrons. The molecule has 8 nitrogen and oxygen atoms in total. The second-order valence-corrected chi connectivity index (χ2v) is 5.62. The van der Waals surface area contributed by atoms with E-state index >= 15 is 0 Å². The van der Waals surface area contributed by atoms with Crippen molar-refractivity contribution >= 4 is 17.8 Å². The van der Waals surface area contributed by atoms with Crippen LogP contribution in [0.5, 0.6) is 0 Å². The molecule has 4 N–H and O–H groups in total. The number of imide groups is 1. The third-order valence-electron chi connectivity index (χ3n) is 3.84. The van der Waals surface area contributed by atoms with E-state index in [-0.39, 0.29) is 24.2 Å². The molecule has 0 bridgehead atoms. The first-order chi connectivity index (χ1) is 11.0. The normalized spacial score (nSPS) is 16.0. The first-order valence-electron chi connectivity index (χ1n) is 8.20. The Morgan fingerprint density at radius 2 is 1.96 bits per heavy atom. The van der Waals surface area contributed by atoms with Crippen molar-refractivity contribution in [2.45, 2.75) is 32.6 Å². The van der Waals surface area contributed by atoms with Crippen molar-refractivity contribution in [3.63, 3.8) is 0 Å². The van der Waals surface area contributed by atoms with Crippen molar-refractivity contribution in [3.05, 3.63) is 0 Å². The number of carbonyl (C=O) groups excluding carboxylic acids is 3. The number of urea groups is 1. The Morgan fingerprint density at radius 1 is 1.26 bits per heavy atom. The minimum Gasteiger partial charge on any atom is -0.382 e. The number of nitrogens with two attached hydrogens (primary N) is 1. The van der Waals surface area contributed by atoms with E-state index in [0.717, 1.165) is 32.4 Å². The highest BCUT2D eigenvalue weighted by Crippen LogP contribution is 2.17. The number of likely N-dealkylation sites (tertiary alicyclic amines) is 1. The van der Waals surface area contributed by atoms with Gasteiger partial charge in [-0.2, -0.15) is 0 Å². The van der Waals surface area contributed by atoms with Crippen molar-refractivity contribution in [1.29, 1.82) is 0 Å². The number of hydrogen-bond donors (Lipinski definition) is 3. The quantitative estimate of drug-likeness (QED) is 0.508. The molecule has 0 aliphatic carbocycles. The average molecular weight is 328 g/mol. The Hall–Kier alpha value is -1.67. The Kier molecular flexibility index (Phi) is 9.23. The van der Waals surface area contributed by atoms with E-state index in [1.807, 2.05) is 12.2 Å². The van der Waals surface area contributed by atoms with Crippen LogP contribution in [-0.2, 0) is 14.3 Å². The summed E-state index contributed by atoms with van der Waals surface area (Å²) in [6, 6.07) is -0.824. The monoisotopic (exact) mass is 328 g/mol. The van der Waals surface area contributed by atoms with E-state index in [4.69, 9.17) is 10.5 Å². The predicted octanol–water partition coefficient (Wildman–Crippen LogP) is -0.174. The first-order valence-corrected chi connectivity index (χ1v) is 8.20. The van der Waals surface area contributed by atoms with Gasteiger partial charge in [-0.15, -0.1) is 0 Å². The standard InChI is InChI=1S/C15H28N4O4/c1-2-23-11-3-7-17-14(21)12-4-8-19(9-5-12)10-6-13(20)18-15(16)22/h12H,2-11H2,1H3,(H,17,21)(H3,16,18,20,22). The number of carbonyl (C=O) groups is 3. The van der Waals surface area contributed by atoms with E-state index in [2.05, 4.69) is 10.2 Å². The summed E-state index contributed by atoms with van der Waals surface area (Å²) in [4.78, 5) is 36.1. The molecule has 1 saturated heterocycles. The van der Waals surface area contributed by atoms with Crippen LogP contribution in [0.3, 0.4) is 0 Å². The van der Waals surface area contributed by atoms with Gasteiger partial charge in [0.25, 0.3) is 0 Å². The van der Waals surface area contributed by atoms with Crippen molar-refractivity contribution in [1.82, 2.24) is 15.5 Å². The maximum atomic E-state index is 12.0. The summed E-state index contributed by atoms with van der Waals surface area (Å²) in [7, 11) is 0. The van der Waals surface area contributed by atoms with Crippen LogP contribution < -0.4 is 16.4 Å².